The molecule has 0 aliphatic carbocycles. The van der Waals surface area contributed by atoms with Crippen LogP contribution in [-0.4, -0.2) is 58.1 Å². The zero-order valence-corrected chi connectivity index (χ0v) is 19.0. The highest BCUT2D eigenvalue weighted by molar-refractivity contribution is 5.86. The van der Waals surface area contributed by atoms with Gasteiger partial charge in [-0.25, -0.2) is 9.78 Å². The lowest BCUT2D eigenvalue weighted by Crippen LogP contribution is -2.47. The van der Waals surface area contributed by atoms with Crippen LogP contribution in [0, 0.1) is 11.8 Å². The summed E-state index contributed by atoms with van der Waals surface area (Å²) in [5.74, 6) is 6.85. The van der Waals surface area contributed by atoms with Gasteiger partial charge in [0.05, 0.1) is 11.8 Å². The molecule has 4 N–H and O–H groups in total. The first-order chi connectivity index (χ1) is 14.7. The van der Waals surface area contributed by atoms with Gasteiger partial charge in [-0.2, -0.15) is 4.98 Å². The third kappa shape index (κ3) is 7.96. The van der Waals surface area contributed by atoms with Crippen molar-refractivity contribution in [3.63, 3.8) is 0 Å². The monoisotopic (exact) mass is 430 g/mol. The summed E-state index contributed by atoms with van der Waals surface area (Å²) in [6.07, 6.45) is 4.89. The summed E-state index contributed by atoms with van der Waals surface area (Å²) < 4.78 is 5.41. The van der Waals surface area contributed by atoms with Crippen molar-refractivity contribution in [2.24, 2.45) is 0 Å². The number of hydrogen-bond donors (Lipinski definition) is 3. The van der Waals surface area contributed by atoms with E-state index in [1.165, 1.54) is 4.90 Å². The van der Waals surface area contributed by atoms with Crippen LogP contribution in [0.1, 0.15) is 65.4 Å². The normalized spacial score (nSPS) is 15.7. The number of nitrogens with two attached hydrogens (primary N) is 1. The van der Waals surface area contributed by atoms with E-state index in [1.54, 1.807) is 6.20 Å². The Morgan fingerprint density at radius 2 is 2.13 bits per heavy atom. The molecule has 0 radical (unpaired) electrons. The number of hydrogen-bond acceptors (Lipinski definition) is 7. The summed E-state index contributed by atoms with van der Waals surface area (Å²) in [6.45, 7) is 9.32. The quantitative estimate of drug-likeness (QED) is 0.449. The molecule has 2 rings (SSSR count). The molecule has 1 saturated heterocycles. The van der Waals surface area contributed by atoms with E-state index < -0.39 is 17.7 Å². The van der Waals surface area contributed by atoms with Gasteiger partial charge in [-0.05, 0) is 46.5 Å². The van der Waals surface area contributed by atoms with E-state index >= 15 is 0 Å². The minimum absolute atomic E-state index is 0.144. The summed E-state index contributed by atoms with van der Waals surface area (Å²) >= 11 is 0. The van der Waals surface area contributed by atoms with Crippen LogP contribution in [0.25, 0.3) is 0 Å². The highest BCUT2D eigenvalue weighted by Crippen LogP contribution is 2.21. The molecule has 2 heterocycles. The molecule has 9 nitrogen and oxygen atoms in total. The maximum atomic E-state index is 12.5. The number of nitrogens with one attached hydrogen (secondary N) is 2. The van der Waals surface area contributed by atoms with Crippen molar-refractivity contribution in [2.45, 2.75) is 71.4 Å². The summed E-state index contributed by atoms with van der Waals surface area (Å²) in [4.78, 5) is 34.6. The number of nitrogen functional groups attached to an aromatic ring is 1. The number of amides is 2. The van der Waals surface area contributed by atoms with Crippen LogP contribution in [-0.2, 0) is 9.53 Å². The molecule has 31 heavy (non-hydrogen) atoms. The van der Waals surface area contributed by atoms with Gasteiger partial charge >= 0.3 is 6.09 Å². The van der Waals surface area contributed by atoms with Crippen LogP contribution in [0.5, 0.6) is 0 Å². The Morgan fingerprint density at radius 1 is 1.35 bits per heavy atom. The van der Waals surface area contributed by atoms with Gasteiger partial charge in [-0.1, -0.05) is 18.8 Å². The summed E-state index contributed by atoms with van der Waals surface area (Å²) in [6, 6.07) is -0.472. The van der Waals surface area contributed by atoms with Crippen LogP contribution < -0.4 is 16.4 Å². The molecule has 0 aromatic carbocycles. The van der Waals surface area contributed by atoms with Crippen LogP contribution in [0.4, 0.5) is 16.6 Å². The first-order valence-electron chi connectivity index (χ1n) is 10.8. The fourth-order valence-electron chi connectivity index (χ4n) is 3.11. The predicted octanol–water partition coefficient (Wildman–Crippen LogP) is 2.53. The van der Waals surface area contributed by atoms with Gasteiger partial charge in [-0.15, -0.1) is 0 Å². The van der Waals surface area contributed by atoms with Crippen LogP contribution in [0.2, 0.25) is 0 Å². The van der Waals surface area contributed by atoms with Crippen molar-refractivity contribution in [1.82, 2.24) is 20.2 Å². The molecular formula is C22H34N6O3. The third-order valence-corrected chi connectivity index (χ3v) is 4.53. The fourth-order valence-corrected chi connectivity index (χ4v) is 3.11. The van der Waals surface area contributed by atoms with Crippen molar-refractivity contribution in [2.75, 3.05) is 30.7 Å². The third-order valence-electron chi connectivity index (χ3n) is 4.53. The first kappa shape index (κ1) is 24.3. The van der Waals surface area contributed by atoms with Gasteiger partial charge in [0.2, 0.25) is 11.9 Å². The standard InChI is InChI=1S/C22H34N6O3/c1-5-12-24-18-16(15-26-20(23)27-18)10-7-6-8-13-25-19(29)17-11-9-14-28(17)21(30)31-22(2,3)4/h15,17H,5-6,8-9,11-14H2,1-4H3,(H,25,29)(H3,23,24,26,27). The lowest BCUT2D eigenvalue weighted by Gasteiger charge is -2.28. The van der Waals surface area contributed by atoms with Gasteiger partial charge in [0.1, 0.15) is 17.5 Å². The van der Waals surface area contributed by atoms with Crippen LogP contribution in [0.3, 0.4) is 0 Å². The second-order valence-electron chi connectivity index (χ2n) is 8.45. The Labute approximate surface area is 184 Å². The Morgan fingerprint density at radius 3 is 2.84 bits per heavy atom. The lowest BCUT2D eigenvalue weighted by atomic mass is 10.2. The number of ether oxygens (including phenoxy) is 1. The Balaban J connectivity index is 1.80. The number of unbranched alkanes of at least 4 members (excludes halogenated alkanes) is 1. The molecule has 1 aromatic rings. The molecule has 1 fully saturated rings. The van der Waals surface area contributed by atoms with Crippen molar-refractivity contribution >= 4 is 23.8 Å². The molecular weight excluding hydrogens is 396 g/mol. The van der Waals surface area contributed by atoms with Crippen LogP contribution >= 0.6 is 0 Å². The molecule has 170 valence electrons. The summed E-state index contributed by atoms with van der Waals surface area (Å²) in [5, 5.41) is 6.10. The number of anilines is 2. The average molecular weight is 431 g/mol. The maximum absolute atomic E-state index is 12.5. The van der Waals surface area contributed by atoms with Crippen molar-refractivity contribution in [1.29, 1.82) is 0 Å². The maximum Gasteiger partial charge on any atom is 0.410 e. The van der Waals surface area contributed by atoms with E-state index in [2.05, 4.69) is 39.4 Å². The van der Waals surface area contributed by atoms with Gasteiger partial charge in [0.15, 0.2) is 0 Å². The predicted molar refractivity (Wildman–Crippen MR) is 120 cm³/mol. The number of aromatic nitrogens is 2. The minimum Gasteiger partial charge on any atom is -0.444 e. The zero-order valence-electron chi connectivity index (χ0n) is 19.0. The molecule has 0 spiro atoms. The molecule has 0 bridgehead atoms. The molecule has 1 aromatic heterocycles. The fraction of sp³-hybridized carbons (Fsp3) is 0.636. The number of carbonyl (C=O) groups excluding carboxylic acids is 2. The molecule has 2 amide bonds. The van der Waals surface area contributed by atoms with Crippen LogP contribution in [0.15, 0.2) is 6.20 Å². The average Bonchev–Trinajstić information content (AvgIpc) is 3.19. The summed E-state index contributed by atoms with van der Waals surface area (Å²) in [7, 11) is 0. The highest BCUT2D eigenvalue weighted by atomic mass is 16.6. The van der Waals surface area contributed by atoms with E-state index in [0.717, 1.165) is 19.4 Å². The SMILES string of the molecule is CCCNc1nc(N)ncc1C#CCCCNC(=O)C1CCCN1C(=O)OC(C)(C)C. The second-order valence-corrected chi connectivity index (χ2v) is 8.45. The number of nitrogens with zero attached hydrogens (tertiary/aromatic N) is 3. The Hall–Kier alpha value is -3.02. The van der Waals surface area contributed by atoms with E-state index in [0.29, 0.717) is 43.7 Å². The molecule has 1 atom stereocenters. The smallest absolute Gasteiger partial charge is 0.410 e. The van der Waals surface area contributed by atoms with E-state index in [9.17, 15) is 9.59 Å². The first-order valence-corrected chi connectivity index (χ1v) is 10.8. The van der Waals surface area contributed by atoms with Gasteiger partial charge in [-0.3, -0.25) is 9.69 Å². The summed E-state index contributed by atoms with van der Waals surface area (Å²) in [5.41, 5.74) is 5.77. The van der Waals surface area contributed by atoms with E-state index in [1.807, 2.05) is 20.8 Å². The molecule has 1 unspecified atom stereocenters. The second kappa shape index (κ2) is 11.4. The topological polar surface area (TPSA) is 122 Å². The highest BCUT2D eigenvalue weighted by Gasteiger charge is 2.36. The van der Waals surface area contributed by atoms with Gasteiger partial charge in [0.25, 0.3) is 0 Å². The number of rotatable bonds is 7. The number of likely N-dealkylation sites (tertiary alicyclic amines) is 1. The van der Waals surface area contributed by atoms with Crippen molar-refractivity contribution < 1.29 is 14.3 Å². The van der Waals surface area contributed by atoms with Crippen molar-refractivity contribution in [3.8, 4) is 11.8 Å². The molecule has 1 aliphatic rings. The van der Waals surface area contributed by atoms with Gasteiger partial charge < -0.3 is 21.1 Å². The number of carbonyl (C=O) groups is 2. The molecule has 0 saturated carbocycles. The Kier molecular flexibility index (Phi) is 8.91. The van der Waals surface area contributed by atoms with E-state index in [4.69, 9.17) is 10.5 Å². The zero-order chi connectivity index (χ0) is 22.9. The van der Waals surface area contributed by atoms with Crippen molar-refractivity contribution in [3.05, 3.63) is 11.8 Å². The minimum atomic E-state index is -0.583. The lowest BCUT2D eigenvalue weighted by molar-refractivity contribution is -0.125. The molecule has 9 heteroatoms. The Bertz CT molecular complexity index is 825. The largest absolute Gasteiger partial charge is 0.444 e. The molecule has 1 aliphatic heterocycles. The van der Waals surface area contributed by atoms with Gasteiger partial charge in [0, 0.05) is 26.1 Å². The van der Waals surface area contributed by atoms with E-state index in [-0.39, 0.29) is 11.9 Å².